The van der Waals surface area contributed by atoms with Crippen LogP contribution in [-0.2, 0) is 16.0 Å². The van der Waals surface area contributed by atoms with Crippen LogP contribution in [0.2, 0.25) is 0 Å². The van der Waals surface area contributed by atoms with Crippen molar-refractivity contribution in [1.82, 2.24) is 4.98 Å². The van der Waals surface area contributed by atoms with E-state index in [1.165, 1.54) is 0 Å². The largest absolute Gasteiger partial charge is 0.460 e. The number of ether oxygens (including phenoxy) is 1. The van der Waals surface area contributed by atoms with Gasteiger partial charge in [0.25, 0.3) is 0 Å². The highest BCUT2D eigenvalue weighted by Crippen LogP contribution is 2.14. The van der Waals surface area contributed by atoms with Gasteiger partial charge in [0.2, 0.25) is 0 Å². The lowest BCUT2D eigenvalue weighted by Crippen LogP contribution is -2.28. The molecular weight excluding hydrogens is 202 g/mol. The zero-order valence-electron chi connectivity index (χ0n) is 10.4. The third-order valence-electron chi connectivity index (χ3n) is 2.07. The van der Waals surface area contributed by atoms with Crippen molar-refractivity contribution in [3.8, 4) is 0 Å². The van der Waals surface area contributed by atoms with Crippen LogP contribution in [0.15, 0.2) is 24.5 Å². The smallest absolute Gasteiger partial charge is 0.309 e. The van der Waals surface area contributed by atoms with Crippen molar-refractivity contribution in [3.05, 3.63) is 30.1 Å². The van der Waals surface area contributed by atoms with Gasteiger partial charge in [-0.3, -0.25) is 9.78 Å². The maximum absolute atomic E-state index is 11.7. The van der Waals surface area contributed by atoms with E-state index >= 15 is 0 Å². The van der Waals surface area contributed by atoms with E-state index in [1.54, 1.807) is 12.4 Å². The van der Waals surface area contributed by atoms with Crippen LogP contribution in [0.1, 0.15) is 33.3 Å². The van der Waals surface area contributed by atoms with Gasteiger partial charge in [-0.15, -0.1) is 0 Å². The number of hydrogen-bond donors (Lipinski definition) is 0. The second-order valence-electron chi connectivity index (χ2n) is 5.00. The average molecular weight is 221 g/mol. The van der Waals surface area contributed by atoms with E-state index in [0.717, 1.165) is 5.56 Å². The van der Waals surface area contributed by atoms with Crippen molar-refractivity contribution in [1.29, 1.82) is 0 Å². The van der Waals surface area contributed by atoms with Crippen LogP contribution in [-0.4, -0.2) is 16.6 Å². The lowest BCUT2D eigenvalue weighted by molar-refractivity contribution is -0.159. The summed E-state index contributed by atoms with van der Waals surface area (Å²) in [5, 5.41) is 0. The van der Waals surface area contributed by atoms with Crippen molar-refractivity contribution in [2.75, 3.05) is 0 Å². The fourth-order valence-corrected chi connectivity index (χ4v) is 1.36. The number of carbonyl (C=O) groups is 1. The van der Waals surface area contributed by atoms with Gasteiger partial charge >= 0.3 is 5.97 Å². The third kappa shape index (κ3) is 4.43. The molecule has 0 aliphatic carbocycles. The molecule has 0 spiro atoms. The van der Waals surface area contributed by atoms with Gasteiger partial charge in [0.05, 0.1) is 5.92 Å². The molecule has 3 nitrogen and oxygen atoms in total. The molecule has 3 heteroatoms. The summed E-state index contributed by atoms with van der Waals surface area (Å²) in [6, 6.07) is 3.84. The monoisotopic (exact) mass is 221 g/mol. The molecule has 88 valence electrons. The number of hydrogen-bond acceptors (Lipinski definition) is 3. The topological polar surface area (TPSA) is 39.2 Å². The lowest BCUT2D eigenvalue weighted by atomic mass is 10.0. The van der Waals surface area contributed by atoms with Crippen LogP contribution in [0.25, 0.3) is 0 Å². The van der Waals surface area contributed by atoms with Crippen LogP contribution < -0.4 is 0 Å². The first-order chi connectivity index (χ1) is 7.38. The third-order valence-corrected chi connectivity index (χ3v) is 2.07. The number of esters is 1. The Morgan fingerprint density at radius 1 is 1.50 bits per heavy atom. The van der Waals surface area contributed by atoms with E-state index in [0.29, 0.717) is 6.42 Å². The highest BCUT2D eigenvalue weighted by molar-refractivity contribution is 5.72. The molecule has 1 unspecified atom stereocenters. The fourth-order valence-electron chi connectivity index (χ4n) is 1.36. The number of rotatable bonds is 3. The van der Waals surface area contributed by atoms with Gasteiger partial charge in [-0.2, -0.15) is 0 Å². The number of carbonyl (C=O) groups excluding carboxylic acids is 1. The maximum Gasteiger partial charge on any atom is 0.309 e. The number of aromatic nitrogens is 1. The van der Waals surface area contributed by atoms with Crippen LogP contribution >= 0.6 is 0 Å². The first kappa shape index (κ1) is 12.7. The molecule has 1 aromatic rings. The molecule has 1 heterocycles. The van der Waals surface area contributed by atoms with Crippen molar-refractivity contribution in [2.24, 2.45) is 5.92 Å². The van der Waals surface area contributed by atoms with E-state index in [1.807, 2.05) is 39.8 Å². The lowest BCUT2D eigenvalue weighted by Gasteiger charge is -2.22. The molecule has 0 saturated heterocycles. The Bertz CT molecular complexity index is 341. The van der Waals surface area contributed by atoms with Gasteiger partial charge in [0.15, 0.2) is 0 Å². The molecule has 1 aromatic heterocycles. The van der Waals surface area contributed by atoms with Crippen LogP contribution in [0, 0.1) is 5.92 Å². The minimum atomic E-state index is -0.416. The molecule has 0 aliphatic rings. The number of pyridine rings is 1. The van der Waals surface area contributed by atoms with E-state index in [2.05, 4.69) is 4.98 Å². The van der Waals surface area contributed by atoms with Crippen molar-refractivity contribution < 1.29 is 9.53 Å². The summed E-state index contributed by atoms with van der Waals surface area (Å²) < 4.78 is 5.31. The molecule has 0 aliphatic heterocycles. The molecule has 0 saturated carbocycles. The molecule has 0 N–H and O–H groups in total. The summed E-state index contributed by atoms with van der Waals surface area (Å²) in [5.74, 6) is -0.292. The van der Waals surface area contributed by atoms with Crippen molar-refractivity contribution in [3.63, 3.8) is 0 Å². The Hall–Kier alpha value is -1.38. The summed E-state index contributed by atoms with van der Waals surface area (Å²) in [4.78, 5) is 15.7. The fraction of sp³-hybridized carbons (Fsp3) is 0.538. The SMILES string of the molecule is CC(Cc1cccnc1)C(=O)OC(C)(C)C. The minimum Gasteiger partial charge on any atom is -0.460 e. The summed E-state index contributed by atoms with van der Waals surface area (Å²) in [7, 11) is 0. The first-order valence-electron chi connectivity index (χ1n) is 5.50. The van der Waals surface area contributed by atoms with Crippen molar-refractivity contribution >= 4 is 5.97 Å². The Morgan fingerprint density at radius 2 is 2.19 bits per heavy atom. The van der Waals surface area contributed by atoms with Crippen LogP contribution in [0.3, 0.4) is 0 Å². The molecular formula is C13H19NO2. The van der Waals surface area contributed by atoms with Gasteiger partial charge in [0.1, 0.15) is 5.60 Å². The summed E-state index contributed by atoms with van der Waals surface area (Å²) in [6.45, 7) is 7.51. The minimum absolute atomic E-state index is 0.136. The van der Waals surface area contributed by atoms with E-state index < -0.39 is 5.60 Å². The van der Waals surface area contributed by atoms with Gasteiger partial charge < -0.3 is 4.74 Å². The van der Waals surface area contributed by atoms with E-state index in [-0.39, 0.29) is 11.9 Å². The Kier molecular flexibility index (Phi) is 4.05. The first-order valence-corrected chi connectivity index (χ1v) is 5.50. The average Bonchev–Trinajstić information content (AvgIpc) is 2.16. The number of nitrogens with zero attached hydrogens (tertiary/aromatic N) is 1. The Labute approximate surface area is 96.8 Å². The van der Waals surface area contributed by atoms with Gasteiger partial charge in [-0.25, -0.2) is 0 Å². The van der Waals surface area contributed by atoms with E-state index in [9.17, 15) is 4.79 Å². The van der Waals surface area contributed by atoms with Crippen molar-refractivity contribution in [2.45, 2.75) is 39.7 Å². The predicted molar refractivity (Wildman–Crippen MR) is 63.0 cm³/mol. The molecule has 1 rings (SSSR count). The zero-order valence-corrected chi connectivity index (χ0v) is 10.4. The molecule has 0 radical (unpaired) electrons. The standard InChI is InChI=1S/C13H19NO2/c1-10(12(15)16-13(2,3)4)8-11-6-5-7-14-9-11/h5-7,9-10H,8H2,1-4H3. The van der Waals surface area contributed by atoms with E-state index in [4.69, 9.17) is 4.74 Å². The molecule has 0 bridgehead atoms. The van der Waals surface area contributed by atoms with Gasteiger partial charge in [-0.05, 0) is 38.8 Å². The molecule has 16 heavy (non-hydrogen) atoms. The maximum atomic E-state index is 11.7. The summed E-state index contributed by atoms with van der Waals surface area (Å²) >= 11 is 0. The molecule has 0 amide bonds. The molecule has 1 atom stereocenters. The molecule has 0 fully saturated rings. The summed E-state index contributed by atoms with van der Waals surface area (Å²) in [5.41, 5.74) is 0.640. The zero-order chi connectivity index (χ0) is 12.2. The Morgan fingerprint density at radius 3 is 2.69 bits per heavy atom. The predicted octanol–water partition coefficient (Wildman–Crippen LogP) is 2.60. The van der Waals surface area contributed by atoms with Crippen LogP contribution in [0.4, 0.5) is 0 Å². The quantitative estimate of drug-likeness (QED) is 0.736. The highest BCUT2D eigenvalue weighted by atomic mass is 16.6. The second-order valence-corrected chi connectivity index (χ2v) is 5.00. The highest BCUT2D eigenvalue weighted by Gasteiger charge is 2.21. The van der Waals surface area contributed by atoms with Gasteiger partial charge in [-0.1, -0.05) is 13.0 Å². The Balaban J connectivity index is 2.53. The van der Waals surface area contributed by atoms with Crippen LogP contribution in [0.5, 0.6) is 0 Å². The molecule has 0 aromatic carbocycles. The summed E-state index contributed by atoms with van der Waals surface area (Å²) in [6.07, 6.45) is 4.17. The second kappa shape index (κ2) is 5.10. The van der Waals surface area contributed by atoms with Gasteiger partial charge in [0, 0.05) is 12.4 Å². The normalized spacial score (nSPS) is 13.2.